The molecule has 0 aromatic heterocycles. The highest BCUT2D eigenvalue weighted by Gasteiger charge is 2.25. The van der Waals surface area contributed by atoms with Gasteiger partial charge < -0.3 is 4.74 Å². The molecule has 86 valence electrons. The van der Waals surface area contributed by atoms with Gasteiger partial charge in [-0.05, 0) is 44.2 Å². The van der Waals surface area contributed by atoms with Crippen LogP contribution in [0.1, 0.15) is 30.0 Å². The third-order valence-corrected chi connectivity index (χ3v) is 3.21. The minimum atomic E-state index is -0.0336. The minimum Gasteiger partial charge on any atom is -0.466 e. The summed E-state index contributed by atoms with van der Waals surface area (Å²) in [6, 6.07) is 6.50. The van der Waals surface area contributed by atoms with Crippen molar-refractivity contribution in [2.75, 3.05) is 6.61 Å². The van der Waals surface area contributed by atoms with Gasteiger partial charge in [-0.2, -0.15) is 0 Å². The fraction of sp³-hybridized carbons (Fsp3) is 0.500. The second-order valence-electron chi connectivity index (χ2n) is 4.46. The zero-order valence-corrected chi connectivity index (χ0v) is 9.95. The Kier molecular flexibility index (Phi) is 3.28. The largest absolute Gasteiger partial charge is 0.466 e. The van der Waals surface area contributed by atoms with E-state index in [1.807, 2.05) is 6.92 Å². The Morgan fingerprint density at radius 2 is 2.25 bits per heavy atom. The molecule has 1 aromatic carbocycles. The smallest absolute Gasteiger partial charge is 0.309 e. The maximum Gasteiger partial charge on any atom is 0.309 e. The molecule has 1 unspecified atom stereocenters. The van der Waals surface area contributed by atoms with Gasteiger partial charge in [-0.25, -0.2) is 0 Å². The van der Waals surface area contributed by atoms with Crippen LogP contribution in [0.2, 0.25) is 0 Å². The van der Waals surface area contributed by atoms with Crippen LogP contribution in [0.5, 0.6) is 0 Å². The lowest BCUT2D eigenvalue weighted by atomic mass is 9.83. The lowest BCUT2D eigenvalue weighted by Crippen LogP contribution is -2.24. The van der Waals surface area contributed by atoms with Crippen LogP contribution >= 0.6 is 0 Å². The Balaban J connectivity index is 2.12. The maximum absolute atomic E-state index is 11.7. The van der Waals surface area contributed by atoms with E-state index in [9.17, 15) is 4.79 Å². The SMILES string of the molecule is CCOC(=O)C1CCc2cc(C)ccc2C1. The molecule has 0 fully saturated rings. The fourth-order valence-electron chi connectivity index (χ4n) is 2.35. The monoisotopic (exact) mass is 218 g/mol. The molecule has 0 saturated heterocycles. The lowest BCUT2D eigenvalue weighted by Gasteiger charge is -2.23. The van der Waals surface area contributed by atoms with Crippen LogP contribution in [0.3, 0.4) is 0 Å². The molecule has 1 aliphatic carbocycles. The molecular weight excluding hydrogens is 200 g/mol. The quantitative estimate of drug-likeness (QED) is 0.713. The van der Waals surface area contributed by atoms with E-state index in [0.717, 1.165) is 19.3 Å². The molecular formula is C14H18O2. The van der Waals surface area contributed by atoms with Gasteiger partial charge in [-0.1, -0.05) is 23.8 Å². The van der Waals surface area contributed by atoms with Crippen molar-refractivity contribution < 1.29 is 9.53 Å². The Labute approximate surface area is 96.6 Å². The molecule has 2 heteroatoms. The first kappa shape index (κ1) is 11.2. The molecule has 1 aliphatic rings. The molecule has 2 rings (SSSR count). The summed E-state index contributed by atoms with van der Waals surface area (Å²) in [6.45, 7) is 4.45. The number of rotatable bonds is 2. The summed E-state index contributed by atoms with van der Waals surface area (Å²) in [5.74, 6) is 0.0314. The number of carbonyl (C=O) groups is 1. The summed E-state index contributed by atoms with van der Waals surface area (Å²) in [5, 5.41) is 0. The fourth-order valence-corrected chi connectivity index (χ4v) is 2.35. The summed E-state index contributed by atoms with van der Waals surface area (Å²) in [7, 11) is 0. The number of hydrogen-bond donors (Lipinski definition) is 0. The van der Waals surface area contributed by atoms with Crippen molar-refractivity contribution in [1.29, 1.82) is 0 Å². The molecule has 0 radical (unpaired) electrons. The van der Waals surface area contributed by atoms with Gasteiger partial charge in [0.2, 0.25) is 0 Å². The van der Waals surface area contributed by atoms with Gasteiger partial charge >= 0.3 is 5.97 Å². The molecule has 1 atom stereocenters. The zero-order valence-electron chi connectivity index (χ0n) is 9.95. The van der Waals surface area contributed by atoms with Crippen molar-refractivity contribution in [3.05, 3.63) is 34.9 Å². The van der Waals surface area contributed by atoms with E-state index in [0.29, 0.717) is 6.61 Å². The number of ether oxygens (including phenoxy) is 1. The highest BCUT2D eigenvalue weighted by Crippen LogP contribution is 2.27. The Bertz CT molecular complexity index is 396. The number of hydrogen-bond acceptors (Lipinski definition) is 2. The molecule has 16 heavy (non-hydrogen) atoms. The van der Waals surface area contributed by atoms with Crippen LogP contribution in [0.15, 0.2) is 18.2 Å². The van der Waals surface area contributed by atoms with E-state index < -0.39 is 0 Å². The Hall–Kier alpha value is -1.31. The van der Waals surface area contributed by atoms with E-state index in [4.69, 9.17) is 4.74 Å². The molecule has 2 nitrogen and oxygen atoms in total. The molecule has 1 aromatic rings. The van der Waals surface area contributed by atoms with Gasteiger partial charge in [0.25, 0.3) is 0 Å². The first-order valence-corrected chi connectivity index (χ1v) is 5.95. The Morgan fingerprint density at radius 1 is 1.44 bits per heavy atom. The highest BCUT2D eigenvalue weighted by atomic mass is 16.5. The molecule has 0 bridgehead atoms. The van der Waals surface area contributed by atoms with Gasteiger partial charge in [-0.3, -0.25) is 4.79 Å². The van der Waals surface area contributed by atoms with Crippen LogP contribution in [0.4, 0.5) is 0 Å². The van der Waals surface area contributed by atoms with E-state index in [-0.39, 0.29) is 11.9 Å². The van der Waals surface area contributed by atoms with Crippen LogP contribution in [0, 0.1) is 12.8 Å². The lowest BCUT2D eigenvalue weighted by molar-refractivity contribution is -0.148. The van der Waals surface area contributed by atoms with Crippen LogP contribution in [-0.4, -0.2) is 12.6 Å². The van der Waals surface area contributed by atoms with Crippen molar-refractivity contribution in [3.63, 3.8) is 0 Å². The zero-order chi connectivity index (χ0) is 11.5. The maximum atomic E-state index is 11.7. The molecule has 0 heterocycles. The first-order valence-electron chi connectivity index (χ1n) is 5.95. The third kappa shape index (κ3) is 2.26. The minimum absolute atomic E-state index is 0.0336. The molecule has 0 N–H and O–H groups in total. The number of carbonyl (C=O) groups excluding carboxylic acids is 1. The van der Waals surface area contributed by atoms with Crippen molar-refractivity contribution in [3.8, 4) is 0 Å². The second kappa shape index (κ2) is 4.69. The Morgan fingerprint density at radius 3 is 3.00 bits per heavy atom. The molecule has 0 amide bonds. The average Bonchev–Trinajstić information content (AvgIpc) is 2.28. The van der Waals surface area contributed by atoms with Gasteiger partial charge in [0.1, 0.15) is 0 Å². The van der Waals surface area contributed by atoms with Crippen LogP contribution in [-0.2, 0) is 22.4 Å². The van der Waals surface area contributed by atoms with E-state index in [1.54, 1.807) is 0 Å². The normalized spacial score (nSPS) is 19.0. The van der Waals surface area contributed by atoms with Crippen molar-refractivity contribution >= 4 is 5.97 Å². The summed E-state index contributed by atoms with van der Waals surface area (Å²) in [5.41, 5.74) is 4.02. The van der Waals surface area contributed by atoms with Crippen molar-refractivity contribution in [2.24, 2.45) is 5.92 Å². The van der Waals surface area contributed by atoms with Crippen LogP contribution < -0.4 is 0 Å². The second-order valence-corrected chi connectivity index (χ2v) is 4.46. The standard InChI is InChI=1S/C14H18O2/c1-3-16-14(15)13-7-6-11-8-10(2)4-5-12(11)9-13/h4-5,8,13H,3,6-7,9H2,1-2H3. The predicted molar refractivity (Wildman–Crippen MR) is 63.3 cm³/mol. The van der Waals surface area contributed by atoms with Gasteiger partial charge in [-0.15, -0.1) is 0 Å². The predicted octanol–water partition coefficient (Wildman–Crippen LogP) is 2.66. The van der Waals surface area contributed by atoms with Crippen molar-refractivity contribution in [1.82, 2.24) is 0 Å². The average molecular weight is 218 g/mol. The van der Waals surface area contributed by atoms with E-state index >= 15 is 0 Å². The first-order chi connectivity index (χ1) is 7.70. The topological polar surface area (TPSA) is 26.3 Å². The summed E-state index contributed by atoms with van der Waals surface area (Å²) < 4.78 is 5.08. The van der Waals surface area contributed by atoms with Crippen LogP contribution in [0.25, 0.3) is 0 Å². The van der Waals surface area contributed by atoms with Gasteiger partial charge in [0.05, 0.1) is 12.5 Å². The summed E-state index contributed by atoms with van der Waals surface area (Å²) in [4.78, 5) is 11.7. The molecule has 0 saturated carbocycles. The van der Waals surface area contributed by atoms with E-state index in [1.165, 1.54) is 16.7 Å². The molecule has 0 aliphatic heterocycles. The number of aryl methyl sites for hydroxylation is 2. The molecule has 0 spiro atoms. The highest BCUT2D eigenvalue weighted by molar-refractivity contribution is 5.73. The number of fused-ring (bicyclic) bond motifs is 1. The summed E-state index contributed by atoms with van der Waals surface area (Å²) in [6.07, 6.45) is 2.77. The number of benzene rings is 1. The van der Waals surface area contributed by atoms with E-state index in [2.05, 4.69) is 25.1 Å². The van der Waals surface area contributed by atoms with Gasteiger partial charge in [0.15, 0.2) is 0 Å². The van der Waals surface area contributed by atoms with Crippen molar-refractivity contribution in [2.45, 2.75) is 33.1 Å². The third-order valence-electron chi connectivity index (χ3n) is 3.21. The summed E-state index contributed by atoms with van der Waals surface area (Å²) >= 11 is 0. The van der Waals surface area contributed by atoms with Gasteiger partial charge in [0, 0.05) is 0 Å². The number of esters is 1.